The standard InChI is InChI=1S/C2H9NSi.ClH/c1-3(2)4;/h1-2,4H3;1H. The third kappa shape index (κ3) is 125. The highest BCUT2D eigenvalue weighted by Crippen LogP contribution is 1.44. The summed E-state index contributed by atoms with van der Waals surface area (Å²) in [4.78, 5) is 0. The van der Waals surface area contributed by atoms with E-state index in [1.807, 2.05) is 0 Å². The number of hydrogen-bond acceptors (Lipinski definition) is 1. The average molecular weight is 112 g/mol. The summed E-state index contributed by atoms with van der Waals surface area (Å²) in [6.45, 7) is 0. The molecule has 34 valence electrons. The third-order valence-electron chi connectivity index (χ3n) is 0. The van der Waals surface area contributed by atoms with E-state index in [4.69, 9.17) is 0 Å². The van der Waals surface area contributed by atoms with Crippen LogP contribution in [0.1, 0.15) is 0 Å². The molecular formula is C2H10ClNSi. The van der Waals surface area contributed by atoms with Gasteiger partial charge in [-0.05, 0) is 14.1 Å². The minimum absolute atomic E-state index is 0. The lowest BCUT2D eigenvalue weighted by Crippen LogP contribution is -2.02. The van der Waals surface area contributed by atoms with E-state index in [1.54, 1.807) is 0 Å². The van der Waals surface area contributed by atoms with E-state index in [0.29, 0.717) is 0 Å². The fourth-order valence-corrected chi connectivity index (χ4v) is 0. The van der Waals surface area contributed by atoms with Crippen molar-refractivity contribution in [2.24, 2.45) is 0 Å². The normalized spacial score (nSPS) is 7.80. The Morgan fingerprint density at radius 3 is 1.40 bits per heavy atom. The molecule has 0 saturated heterocycles. The molecule has 0 aromatic carbocycles. The van der Waals surface area contributed by atoms with Crippen molar-refractivity contribution in [3.8, 4) is 0 Å². The van der Waals surface area contributed by atoms with Gasteiger partial charge in [0.05, 0.1) is 10.4 Å². The molecule has 0 N–H and O–H groups in total. The molecule has 0 radical (unpaired) electrons. The molecule has 0 spiro atoms. The quantitative estimate of drug-likeness (QED) is 0.372. The topological polar surface area (TPSA) is 3.24 Å². The van der Waals surface area contributed by atoms with Gasteiger partial charge in [0, 0.05) is 0 Å². The van der Waals surface area contributed by atoms with Gasteiger partial charge in [-0.1, -0.05) is 0 Å². The van der Waals surface area contributed by atoms with Crippen molar-refractivity contribution < 1.29 is 0 Å². The van der Waals surface area contributed by atoms with Crippen molar-refractivity contribution in [3.05, 3.63) is 0 Å². The summed E-state index contributed by atoms with van der Waals surface area (Å²) in [7, 11) is 5.31. The zero-order valence-electron chi connectivity index (χ0n) is 3.86. The van der Waals surface area contributed by atoms with E-state index in [-0.39, 0.29) is 12.4 Å². The van der Waals surface area contributed by atoms with Crippen molar-refractivity contribution in [2.45, 2.75) is 0 Å². The smallest absolute Gasteiger partial charge is 0.0777 e. The summed E-state index contributed by atoms with van der Waals surface area (Å²) in [6, 6.07) is 0. The highest BCUT2D eigenvalue weighted by Gasteiger charge is 1.58. The largest absolute Gasteiger partial charge is 0.337 e. The van der Waals surface area contributed by atoms with Crippen LogP contribution in [0.4, 0.5) is 0 Å². The van der Waals surface area contributed by atoms with Crippen LogP contribution >= 0.6 is 12.4 Å². The van der Waals surface area contributed by atoms with Crippen molar-refractivity contribution in [3.63, 3.8) is 0 Å². The van der Waals surface area contributed by atoms with E-state index in [2.05, 4.69) is 18.7 Å². The molecule has 0 amide bonds. The van der Waals surface area contributed by atoms with Crippen molar-refractivity contribution in [2.75, 3.05) is 14.1 Å². The van der Waals surface area contributed by atoms with Gasteiger partial charge in [-0.2, -0.15) is 0 Å². The van der Waals surface area contributed by atoms with Crippen LogP contribution in [0, 0.1) is 0 Å². The van der Waals surface area contributed by atoms with E-state index >= 15 is 0 Å². The Morgan fingerprint density at radius 2 is 1.40 bits per heavy atom. The first-order valence-corrected chi connectivity index (χ1v) is 2.24. The lowest BCUT2D eigenvalue weighted by molar-refractivity contribution is 0.679. The maximum absolute atomic E-state index is 2.14. The highest BCUT2D eigenvalue weighted by atomic mass is 35.5. The summed E-state index contributed by atoms with van der Waals surface area (Å²) < 4.78 is 2.14. The van der Waals surface area contributed by atoms with Crippen LogP contribution < -0.4 is 0 Å². The highest BCUT2D eigenvalue weighted by molar-refractivity contribution is 6.03. The Balaban J connectivity index is 0. The second kappa shape index (κ2) is 4.47. The second-order valence-corrected chi connectivity index (χ2v) is 3.13. The van der Waals surface area contributed by atoms with Crippen LogP contribution in [0.2, 0.25) is 0 Å². The first-order chi connectivity index (χ1) is 1.73. The molecule has 0 atom stereocenters. The predicted octanol–water partition coefficient (Wildman–Crippen LogP) is -0.750. The van der Waals surface area contributed by atoms with Crippen molar-refractivity contribution in [1.82, 2.24) is 4.57 Å². The molecular weight excluding hydrogens is 102 g/mol. The summed E-state index contributed by atoms with van der Waals surface area (Å²) in [5.74, 6) is 0. The first kappa shape index (κ1) is 9.08. The molecule has 0 heterocycles. The molecule has 0 unspecified atom stereocenters. The zero-order chi connectivity index (χ0) is 3.58. The lowest BCUT2D eigenvalue weighted by Gasteiger charge is -1.90. The lowest BCUT2D eigenvalue weighted by atomic mass is 11.3. The van der Waals surface area contributed by atoms with Gasteiger partial charge in [0.2, 0.25) is 0 Å². The fraction of sp³-hybridized carbons (Fsp3) is 1.00. The summed E-state index contributed by atoms with van der Waals surface area (Å²) in [5.41, 5.74) is 0. The van der Waals surface area contributed by atoms with Crippen LogP contribution in [-0.4, -0.2) is 29.1 Å². The fourth-order valence-electron chi connectivity index (χ4n) is 0. The first-order valence-electron chi connectivity index (χ1n) is 1.34. The van der Waals surface area contributed by atoms with Crippen LogP contribution in [-0.2, 0) is 0 Å². The molecule has 0 aliphatic rings. The number of rotatable bonds is 0. The van der Waals surface area contributed by atoms with Crippen LogP contribution in [0.15, 0.2) is 0 Å². The number of halogens is 1. The van der Waals surface area contributed by atoms with Crippen LogP contribution in [0.3, 0.4) is 0 Å². The van der Waals surface area contributed by atoms with Gasteiger partial charge in [-0.25, -0.2) is 0 Å². The van der Waals surface area contributed by atoms with Crippen molar-refractivity contribution in [1.29, 1.82) is 0 Å². The summed E-state index contributed by atoms with van der Waals surface area (Å²) >= 11 is 0. The monoisotopic (exact) mass is 111 g/mol. The number of hydrogen-bond donors (Lipinski definition) is 0. The van der Waals surface area contributed by atoms with Gasteiger partial charge < -0.3 is 4.57 Å². The minimum atomic E-state index is 0. The average Bonchev–Trinajstić information content (AvgIpc) is 0.811. The predicted molar refractivity (Wildman–Crippen MR) is 30.9 cm³/mol. The molecule has 5 heavy (non-hydrogen) atoms. The second-order valence-electron chi connectivity index (χ2n) is 1.34. The Bertz CT molecular complexity index is 14.4. The van der Waals surface area contributed by atoms with Crippen molar-refractivity contribution >= 4 is 22.8 Å². The van der Waals surface area contributed by atoms with E-state index in [0.717, 1.165) is 0 Å². The van der Waals surface area contributed by atoms with Crippen LogP contribution in [0.5, 0.6) is 0 Å². The molecule has 0 aromatic heterocycles. The Labute approximate surface area is 42.3 Å². The molecule has 0 aliphatic carbocycles. The van der Waals surface area contributed by atoms with Crippen LogP contribution in [0.25, 0.3) is 0 Å². The third-order valence-corrected chi connectivity index (χ3v) is 0. The molecule has 1 nitrogen and oxygen atoms in total. The SMILES string of the molecule is CN(C)[SiH3].Cl. The van der Waals surface area contributed by atoms with E-state index in [1.165, 1.54) is 10.4 Å². The summed E-state index contributed by atoms with van der Waals surface area (Å²) in [5, 5.41) is 0. The molecule has 0 aliphatic heterocycles. The Hall–Kier alpha value is 0.467. The van der Waals surface area contributed by atoms with Gasteiger partial charge >= 0.3 is 0 Å². The Morgan fingerprint density at radius 1 is 1.40 bits per heavy atom. The van der Waals surface area contributed by atoms with Gasteiger partial charge in [0.25, 0.3) is 0 Å². The summed E-state index contributed by atoms with van der Waals surface area (Å²) in [6.07, 6.45) is 0. The molecule has 0 saturated carbocycles. The van der Waals surface area contributed by atoms with Gasteiger partial charge in [-0.15, -0.1) is 12.4 Å². The molecule has 0 fully saturated rings. The maximum atomic E-state index is 2.14. The zero-order valence-corrected chi connectivity index (χ0v) is 6.67. The minimum Gasteiger partial charge on any atom is -0.337 e. The molecule has 0 rings (SSSR count). The molecule has 0 aromatic rings. The number of nitrogens with zero attached hydrogens (tertiary/aromatic N) is 1. The molecule has 0 bridgehead atoms. The van der Waals surface area contributed by atoms with E-state index < -0.39 is 0 Å². The van der Waals surface area contributed by atoms with Gasteiger partial charge in [0.15, 0.2) is 0 Å². The molecule has 3 heteroatoms. The van der Waals surface area contributed by atoms with Gasteiger partial charge in [0.1, 0.15) is 0 Å². The van der Waals surface area contributed by atoms with E-state index in [9.17, 15) is 0 Å². The van der Waals surface area contributed by atoms with Gasteiger partial charge in [-0.3, -0.25) is 0 Å². The maximum Gasteiger partial charge on any atom is 0.0777 e. The Kier molecular flexibility index (Phi) is 8.11.